The minimum Gasteiger partial charge on any atom is -0.309 e. The van der Waals surface area contributed by atoms with Crippen molar-refractivity contribution in [1.29, 1.82) is 0 Å². The Bertz CT molecular complexity index is 4660. The van der Waals surface area contributed by atoms with Gasteiger partial charge in [-0.15, -0.1) is 45.8 Å². The molecule has 0 saturated heterocycles. The van der Waals surface area contributed by atoms with Crippen molar-refractivity contribution < 1.29 is 0 Å². The molecule has 9 aromatic carbocycles. The average molecular weight is 990 g/mol. The van der Waals surface area contributed by atoms with E-state index in [1.54, 1.807) is 0 Å². The maximum atomic E-state index is 5.62. The first-order chi connectivity index (χ1) is 35.6. The summed E-state index contributed by atoms with van der Waals surface area (Å²) in [5.74, 6) is 0.910. The van der Waals surface area contributed by atoms with Crippen LogP contribution in [0.2, 0.25) is 0 Å². The molecule has 6 heterocycles. The summed E-state index contributed by atoms with van der Waals surface area (Å²) in [5.41, 5.74) is 13.9. The second-order valence-corrected chi connectivity index (χ2v) is 23.6. The van der Waals surface area contributed by atoms with Gasteiger partial charge in [0.25, 0.3) is 0 Å². The van der Waals surface area contributed by atoms with E-state index in [1.807, 2.05) is 45.8 Å². The van der Waals surface area contributed by atoms with Crippen LogP contribution in [0.4, 0.5) is 0 Å². The zero-order valence-electron chi connectivity index (χ0n) is 38.8. The maximum absolute atomic E-state index is 5.62. The zero-order valence-corrected chi connectivity index (χ0v) is 42.0. The number of thioether (sulfide) groups is 1. The van der Waals surface area contributed by atoms with Gasteiger partial charge in [0.05, 0.1) is 22.4 Å². The molecule has 0 spiro atoms. The van der Waals surface area contributed by atoms with Crippen LogP contribution in [0.1, 0.15) is 22.6 Å². The van der Waals surface area contributed by atoms with Gasteiger partial charge in [0.15, 0.2) is 5.82 Å². The Morgan fingerprint density at radius 3 is 1.78 bits per heavy atom. The average Bonchev–Trinajstić information content (AvgIpc) is 4.25. The van der Waals surface area contributed by atoms with E-state index in [4.69, 9.17) is 9.97 Å². The Labute approximate surface area is 430 Å². The highest BCUT2D eigenvalue weighted by atomic mass is 32.2. The Kier molecular flexibility index (Phi) is 8.93. The summed E-state index contributed by atoms with van der Waals surface area (Å²) in [4.78, 5) is 12.5. The van der Waals surface area contributed by atoms with Crippen molar-refractivity contribution in [2.75, 3.05) is 0 Å². The van der Waals surface area contributed by atoms with Crippen molar-refractivity contribution >= 4 is 134 Å². The van der Waals surface area contributed by atoms with Crippen LogP contribution >= 0.6 is 45.8 Å². The summed E-state index contributed by atoms with van der Waals surface area (Å²) >= 11 is 7.56. The summed E-state index contributed by atoms with van der Waals surface area (Å²) in [6.45, 7) is 2.23. The second kappa shape index (κ2) is 15.7. The molecule has 3 nitrogen and oxygen atoms in total. The lowest BCUT2D eigenvalue weighted by atomic mass is 9.83. The molecule has 14 aromatic rings. The first-order valence-corrected chi connectivity index (χ1v) is 27.8. The molecule has 2 unspecified atom stereocenters. The standard InChI is InChI=1S/C65H39N3S4/c1-36-63(38-24-28-46-44-14-4-8-20-53(44)70-58(46)33-38)66-65(39-25-29-47-45-15-5-9-21-54(45)71-59(47)34-39)67-64(36)49-17-11-23-57-62(49)50-32-37(26-31-55(50)69-57)41-16-10-22-56-61(41)48-30-27-40(35-60(48)72-56)68-51-18-6-2-12-42(51)43-13-3-7-19-52(43)68/h2-35,50,55H,1H3. The number of rotatable bonds is 5. The van der Waals surface area contributed by atoms with Gasteiger partial charge in [0.2, 0.25) is 0 Å². The van der Waals surface area contributed by atoms with Crippen LogP contribution in [-0.2, 0) is 0 Å². The Morgan fingerprint density at radius 2 is 1.03 bits per heavy atom. The van der Waals surface area contributed by atoms with Crippen LogP contribution in [0.3, 0.4) is 0 Å². The number of hydrogen-bond donors (Lipinski definition) is 0. The van der Waals surface area contributed by atoms with Gasteiger partial charge in [-0.1, -0.05) is 146 Å². The predicted octanol–water partition coefficient (Wildman–Crippen LogP) is 19.2. The van der Waals surface area contributed by atoms with Gasteiger partial charge < -0.3 is 4.57 Å². The fourth-order valence-electron chi connectivity index (χ4n) is 11.9. The number of para-hydroxylation sites is 2. The number of allylic oxidation sites excluding steroid dienone is 3. The van der Waals surface area contributed by atoms with Crippen LogP contribution in [0.15, 0.2) is 211 Å². The molecule has 0 bridgehead atoms. The summed E-state index contributed by atoms with van der Waals surface area (Å²) < 4.78 is 10.1. The Morgan fingerprint density at radius 1 is 0.458 bits per heavy atom. The lowest BCUT2D eigenvalue weighted by Crippen LogP contribution is -2.11. The predicted molar refractivity (Wildman–Crippen MR) is 312 cm³/mol. The zero-order chi connectivity index (χ0) is 47.2. The van der Waals surface area contributed by atoms with E-state index in [0.29, 0.717) is 0 Å². The van der Waals surface area contributed by atoms with E-state index < -0.39 is 0 Å². The fraction of sp³-hybridized carbons (Fsp3) is 0.0462. The van der Waals surface area contributed by atoms with Gasteiger partial charge in [0, 0.05) is 115 Å². The number of hydrogen-bond acceptors (Lipinski definition) is 6. The largest absolute Gasteiger partial charge is 0.309 e. The number of aromatic nitrogens is 3. The number of fused-ring (bicyclic) bond motifs is 15. The first kappa shape index (κ1) is 41.0. The van der Waals surface area contributed by atoms with E-state index in [9.17, 15) is 0 Å². The molecule has 0 fully saturated rings. The summed E-state index contributed by atoms with van der Waals surface area (Å²) in [7, 11) is 0. The molecule has 0 N–H and O–H groups in total. The van der Waals surface area contributed by atoms with E-state index in [0.717, 1.165) is 33.9 Å². The van der Waals surface area contributed by atoms with Gasteiger partial charge in [0.1, 0.15) is 0 Å². The molecule has 1 aliphatic carbocycles. The number of benzene rings is 9. The first-order valence-electron chi connectivity index (χ1n) is 24.4. The fourth-order valence-corrected chi connectivity index (χ4v) is 16.7. The van der Waals surface area contributed by atoms with E-state index in [1.165, 1.54) is 115 Å². The van der Waals surface area contributed by atoms with Crippen molar-refractivity contribution in [3.05, 3.63) is 223 Å². The van der Waals surface area contributed by atoms with Gasteiger partial charge >= 0.3 is 0 Å². The summed E-state index contributed by atoms with van der Waals surface area (Å²) in [5, 5.41) is 10.6. The molecule has 1 aliphatic heterocycles. The second-order valence-electron chi connectivity index (χ2n) is 19.1. The normalized spacial score (nSPS) is 15.5. The third-order valence-electron chi connectivity index (χ3n) is 15.2. The van der Waals surface area contributed by atoms with Gasteiger partial charge in [-0.2, -0.15) is 0 Å². The molecule has 0 amide bonds. The molecular formula is C65H39N3S4. The minimum atomic E-state index is 0.161. The number of nitrogens with zero attached hydrogens (tertiary/aromatic N) is 3. The lowest BCUT2D eigenvalue weighted by Gasteiger charge is -2.22. The molecule has 2 atom stereocenters. The van der Waals surface area contributed by atoms with Crippen LogP contribution in [0.25, 0.3) is 127 Å². The maximum Gasteiger partial charge on any atom is 0.160 e. The Hall–Kier alpha value is -7.65. The smallest absolute Gasteiger partial charge is 0.160 e. The SMILES string of the molecule is Cc1c(-c2ccc3c(c2)sc2ccccc23)nc(-c2ccc3c(c2)sc2ccccc23)nc1-c1cccc2c1C1C=C(c3cccc4sc5cc(-n6c7ccccc7c7ccccc76)ccc5c34)C=CC1S2. The van der Waals surface area contributed by atoms with Crippen molar-refractivity contribution in [3.8, 4) is 39.6 Å². The molecule has 5 aromatic heterocycles. The lowest BCUT2D eigenvalue weighted by molar-refractivity contribution is 0.885. The van der Waals surface area contributed by atoms with Crippen LogP contribution in [0.5, 0.6) is 0 Å². The summed E-state index contributed by atoms with van der Waals surface area (Å²) in [6, 6.07) is 69.4. The molecule has 338 valence electrons. The van der Waals surface area contributed by atoms with Crippen molar-refractivity contribution in [2.24, 2.45) is 0 Å². The van der Waals surface area contributed by atoms with Crippen LogP contribution < -0.4 is 0 Å². The van der Waals surface area contributed by atoms with E-state index in [-0.39, 0.29) is 11.2 Å². The van der Waals surface area contributed by atoms with E-state index in [2.05, 4.69) is 218 Å². The highest BCUT2D eigenvalue weighted by Gasteiger charge is 2.36. The topological polar surface area (TPSA) is 30.7 Å². The van der Waals surface area contributed by atoms with Crippen LogP contribution in [0, 0.1) is 6.92 Å². The third-order valence-corrected chi connectivity index (χ3v) is 19.9. The Balaban J connectivity index is 0.843. The van der Waals surface area contributed by atoms with Gasteiger partial charge in [-0.05, 0) is 84.3 Å². The molecular weight excluding hydrogens is 951 g/mol. The molecule has 2 aliphatic rings. The van der Waals surface area contributed by atoms with Crippen molar-refractivity contribution in [1.82, 2.24) is 14.5 Å². The third kappa shape index (κ3) is 6.09. The van der Waals surface area contributed by atoms with Gasteiger partial charge in [-0.3, -0.25) is 0 Å². The molecule has 0 radical (unpaired) electrons. The van der Waals surface area contributed by atoms with Crippen molar-refractivity contribution in [3.63, 3.8) is 0 Å². The molecule has 72 heavy (non-hydrogen) atoms. The van der Waals surface area contributed by atoms with Crippen LogP contribution in [-0.4, -0.2) is 19.8 Å². The number of thiophene rings is 3. The van der Waals surface area contributed by atoms with Gasteiger partial charge in [-0.25, -0.2) is 9.97 Å². The highest BCUT2D eigenvalue weighted by Crippen LogP contribution is 2.54. The molecule has 16 rings (SSSR count). The minimum absolute atomic E-state index is 0.161. The highest BCUT2D eigenvalue weighted by molar-refractivity contribution is 8.00. The van der Waals surface area contributed by atoms with E-state index >= 15 is 0 Å². The monoisotopic (exact) mass is 989 g/mol. The van der Waals surface area contributed by atoms with Crippen molar-refractivity contribution in [2.45, 2.75) is 23.0 Å². The molecule has 7 heteroatoms. The molecule has 0 saturated carbocycles. The quantitative estimate of drug-likeness (QED) is 0.172. The summed E-state index contributed by atoms with van der Waals surface area (Å²) in [6.07, 6.45) is 7.39.